The molecule has 4 aromatic rings. The fourth-order valence-corrected chi connectivity index (χ4v) is 4.46. The maximum Gasteiger partial charge on any atom is 0.226 e. The minimum atomic E-state index is -0.257. The van der Waals surface area contributed by atoms with Crippen molar-refractivity contribution in [1.29, 1.82) is 0 Å². The average molecular weight is 385 g/mol. The number of aromatic nitrogens is 2. The molecule has 0 fully saturated rings. The van der Waals surface area contributed by atoms with E-state index in [0.717, 1.165) is 32.0 Å². The first-order valence-electron chi connectivity index (χ1n) is 8.19. The number of benzene rings is 1. The average Bonchev–Trinajstić information content (AvgIpc) is 3.35. The zero-order chi connectivity index (χ0) is 17.9. The maximum absolute atomic E-state index is 13.4. The van der Waals surface area contributed by atoms with Crippen molar-refractivity contribution in [2.75, 3.05) is 6.54 Å². The minimum absolute atomic E-state index is 0.0564. The molecule has 132 valence electrons. The van der Waals surface area contributed by atoms with Crippen molar-refractivity contribution < 1.29 is 9.18 Å². The molecule has 0 aliphatic heterocycles. The lowest BCUT2D eigenvalue weighted by molar-refractivity contribution is -0.120. The molecule has 0 atom stereocenters. The van der Waals surface area contributed by atoms with Gasteiger partial charge in [-0.3, -0.25) is 4.79 Å². The van der Waals surface area contributed by atoms with Gasteiger partial charge in [0.1, 0.15) is 10.8 Å². The van der Waals surface area contributed by atoms with Crippen molar-refractivity contribution in [3.8, 4) is 9.88 Å². The van der Waals surface area contributed by atoms with E-state index >= 15 is 0 Å². The predicted molar refractivity (Wildman–Crippen MR) is 104 cm³/mol. The molecule has 0 spiro atoms. The van der Waals surface area contributed by atoms with Gasteiger partial charge < -0.3 is 10.3 Å². The van der Waals surface area contributed by atoms with Crippen molar-refractivity contribution in [3.05, 3.63) is 64.4 Å². The van der Waals surface area contributed by atoms with Gasteiger partial charge in [-0.15, -0.1) is 22.7 Å². The van der Waals surface area contributed by atoms with E-state index in [-0.39, 0.29) is 18.1 Å². The van der Waals surface area contributed by atoms with Crippen LogP contribution in [0.3, 0.4) is 0 Å². The van der Waals surface area contributed by atoms with E-state index in [1.807, 2.05) is 29.1 Å². The highest BCUT2D eigenvalue weighted by Crippen LogP contribution is 2.27. The number of amides is 1. The molecule has 4 nitrogen and oxygen atoms in total. The molecule has 1 amide bonds. The van der Waals surface area contributed by atoms with Crippen LogP contribution in [0, 0.1) is 5.82 Å². The highest BCUT2D eigenvalue weighted by Gasteiger charge is 2.10. The smallest absolute Gasteiger partial charge is 0.226 e. The van der Waals surface area contributed by atoms with E-state index in [9.17, 15) is 9.18 Å². The molecule has 0 unspecified atom stereocenters. The van der Waals surface area contributed by atoms with Gasteiger partial charge in [0.25, 0.3) is 0 Å². The zero-order valence-electron chi connectivity index (χ0n) is 13.8. The van der Waals surface area contributed by atoms with Crippen LogP contribution in [-0.2, 0) is 17.6 Å². The van der Waals surface area contributed by atoms with Crippen molar-refractivity contribution in [2.45, 2.75) is 12.8 Å². The number of rotatable bonds is 6. The van der Waals surface area contributed by atoms with Crippen LogP contribution < -0.4 is 5.32 Å². The summed E-state index contributed by atoms with van der Waals surface area (Å²) in [5.41, 5.74) is 2.68. The van der Waals surface area contributed by atoms with Gasteiger partial charge in [0, 0.05) is 29.0 Å². The Kier molecular flexibility index (Phi) is 4.81. The Labute approximate surface area is 157 Å². The molecule has 0 bridgehead atoms. The van der Waals surface area contributed by atoms with Crippen LogP contribution in [0.4, 0.5) is 4.39 Å². The Hall–Kier alpha value is -2.51. The second-order valence-electron chi connectivity index (χ2n) is 5.90. The van der Waals surface area contributed by atoms with Crippen LogP contribution in [0.2, 0.25) is 0 Å². The first kappa shape index (κ1) is 16.9. The van der Waals surface area contributed by atoms with Crippen molar-refractivity contribution in [1.82, 2.24) is 15.3 Å². The van der Waals surface area contributed by atoms with Gasteiger partial charge in [-0.05, 0) is 41.6 Å². The summed E-state index contributed by atoms with van der Waals surface area (Å²) in [6.45, 7) is 0.504. The van der Waals surface area contributed by atoms with Crippen molar-refractivity contribution in [2.24, 2.45) is 0 Å². The molecule has 26 heavy (non-hydrogen) atoms. The summed E-state index contributed by atoms with van der Waals surface area (Å²) in [6, 6.07) is 8.69. The summed E-state index contributed by atoms with van der Waals surface area (Å²) < 4.78 is 13.4. The van der Waals surface area contributed by atoms with Crippen LogP contribution in [0.5, 0.6) is 0 Å². The normalized spacial score (nSPS) is 11.1. The summed E-state index contributed by atoms with van der Waals surface area (Å²) in [6.07, 6.45) is 2.78. The van der Waals surface area contributed by atoms with Gasteiger partial charge in [-0.1, -0.05) is 6.07 Å². The molecular formula is C19H16FN3OS2. The fourth-order valence-electron chi connectivity index (χ4n) is 2.82. The van der Waals surface area contributed by atoms with Crippen LogP contribution in [-0.4, -0.2) is 22.4 Å². The lowest BCUT2D eigenvalue weighted by Crippen LogP contribution is -2.27. The molecule has 0 saturated carbocycles. The number of nitrogens with zero attached hydrogens (tertiary/aromatic N) is 1. The van der Waals surface area contributed by atoms with E-state index in [4.69, 9.17) is 0 Å². The minimum Gasteiger partial charge on any atom is -0.361 e. The lowest BCUT2D eigenvalue weighted by Gasteiger charge is -2.04. The predicted octanol–water partition coefficient (Wildman–Crippen LogP) is 4.39. The molecule has 0 saturated heterocycles. The molecule has 2 N–H and O–H groups in total. The topological polar surface area (TPSA) is 57.8 Å². The number of aromatic amines is 1. The van der Waals surface area contributed by atoms with E-state index in [1.165, 1.54) is 12.1 Å². The summed E-state index contributed by atoms with van der Waals surface area (Å²) >= 11 is 3.19. The highest BCUT2D eigenvalue weighted by atomic mass is 32.1. The molecule has 0 aliphatic rings. The third-order valence-corrected chi connectivity index (χ3v) is 6.00. The Morgan fingerprint density at radius 1 is 1.27 bits per heavy atom. The fraction of sp³-hybridized carbons (Fsp3) is 0.158. The van der Waals surface area contributed by atoms with Crippen LogP contribution in [0.1, 0.15) is 11.3 Å². The molecular weight excluding hydrogens is 369 g/mol. The number of carbonyl (C=O) groups excluding carboxylic acids is 1. The molecule has 3 aromatic heterocycles. The van der Waals surface area contributed by atoms with E-state index in [0.29, 0.717) is 13.0 Å². The number of H-pyrrole nitrogens is 1. The number of carbonyl (C=O) groups is 1. The molecule has 0 radical (unpaired) electrons. The number of halogens is 1. The number of nitrogens with one attached hydrogen (secondary N) is 2. The third kappa shape index (κ3) is 3.68. The van der Waals surface area contributed by atoms with Crippen molar-refractivity contribution in [3.63, 3.8) is 0 Å². The first-order chi connectivity index (χ1) is 12.7. The second-order valence-corrected chi connectivity index (χ2v) is 7.71. The quantitative estimate of drug-likeness (QED) is 0.517. The van der Waals surface area contributed by atoms with E-state index in [1.54, 1.807) is 28.7 Å². The number of fused-ring (bicyclic) bond motifs is 1. The van der Waals surface area contributed by atoms with Gasteiger partial charge >= 0.3 is 0 Å². The molecule has 7 heteroatoms. The van der Waals surface area contributed by atoms with Gasteiger partial charge in [-0.25, -0.2) is 9.37 Å². The third-order valence-electron chi connectivity index (χ3n) is 4.07. The van der Waals surface area contributed by atoms with Crippen LogP contribution in [0.15, 0.2) is 47.3 Å². The van der Waals surface area contributed by atoms with Gasteiger partial charge in [0.05, 0.1) is 17.0 Å². The van der Waals surface area contributed by atoms with Crippen LogP contribution >= 0.6 is 22.7 Å². The standard InChI is InChI=1S/C19H16FN3OS2/c20-13-3-4-16-15(8-13)12(10-22-16)5-6-21-18(24)9-14-11-26-19(23-14)17-2-1-7-25-17/h1-4,7-8,10-11,22H,5-6,9H2,(H,21,24). The Morgan fingerprint density at radius 2 is 2.19 bits per heavy atom. The number of thiazole rings is 1. The first-order valence-corrected chi connectivity index (χ1v) is 9.95. The number of hydrogen-bond donors (Lipinski definition) is 2. The molecule has 0 aliphatic carbocycles. The Bertz CT molecular complexity index is 1040. The monoisotopic (exact) mass is 385 g/mol. The van der Waals surface area contributed by atoms with E-state index < -0.39 is 0 Å². The Balaban J connectivity index is 1.32. The van der Waals surface area contributed by atoms with Crippen molar-refractivity contribution >= 4 is 39.5 Å². The van der Waals surface area contributed by atoms with Crippen LogP contribution in [0.25, 0.3) is 20.8 Å². The number of thiophene rings is 1. The summed E-state index contributed by atoms with van der Waals surface area (Å²) in [7, 11) is 0. The lowest BCUT2D eigenvalue weighted by atomic mass is 10.1. The summed E-state index contributed by atoms with van der Waals surface area (Å²) in [4.78, 5) is 20.9. The molecule has 3 heterocycles. The molecule has 4 rings (SSSR count). The van der Waals surface area contributed by atoms with E-state index in [2.05, 4.69) is 15.3 Å². The highest BCUT2D eigenvalue weighted by molar-refractivity contribution is 7.20. The Morgan fingerprint density at radius 3 is 3.04 bits per heavy atom. The van der Waals surface area contributed by atoms with Gasteiger partial charge in [0.15, 0.2) is 0 Å². The maximum atomic E-state index is 13.4. The zero-order valence-corrected chi connectivity index (χ0v) is 15.4. The largest absolute Gasteiger partial charge is 0.361 e. The molecule has 1 aromatic carbocycles. The van der Waals surface area contributed by atoms with Gasteiger partial charge in [0.2, 0.25) is 5.91 Å². The summed E-state index contributed by atoms with van der Waals surface area (Å²) in [5.74, 6) is -0.313. The SMILES string of the molecule is O=C(Cc1csc(-c2cccs2)n1)NCCc1c[nH]c2ccc(F)cc12. The number of hydrogen-bond acceptors (Lipinski definition) is 4. The second kappa shape index (κ2) is 7.39. The van der Waals surface area contributed by atoms with Gasteiger partial charge in [-0.2, -0.15) is 0 Å². The summed E-state index contributed by atoms with van der Waals surface area (Å²) in [5, 5.41) is 8.66.